The van der Waals surface area contributed by atoms with E-state index in [2.05, 4.69) is 5.32 Å². The van der Waals surface area contributed by atoms with Crippen molar-refractivity contribution in [2.75, 3.05) is 6.54 Å². The van der Waals surface area contributed by atoms with E-state index >= 15 is 0 Å². The van der Waals surface area contributed by atoms with E-state index in [1.165, 1.54) is 0 Å². The Morgan fingerprint density at radius 3 is 2.47 bits per heavy atom. The van der Waals surface area contributed by atoms with Crippen LogP contribution in [0.5, 0.6) is 0 Å². The molecule has 0 spiro atoms. The van der Waals surface area contributed by atoms with Crippen LogP contribution in [0, 0.1) is 0 Å². The van der Waals surface area contributed by atoms with Gasteiger partial charge in [-0.3, -0.25) is 14.4 Å². The summed E-state index contributed by atoms with van der Waals surface area (Å²) in [6.45, 7) is -0.169. The average Bonchev–Trinajstić information content (AvgIpc) is 2.83. The summed E-state index contributed by atoms with van der Waals surface area (Å²) in [5, 5.41) is 2.43. The number of carbonyl (C=O) groups is 3. The Balaban J connectivity index is 2.00. The largest absolute Gasteiger partial charge is 0.368 e. The summed E-state index contributed by atoms with van der Waals surface area (Å²) in [7, 11) is 0. The van der Waals surface area contributed by atoms with Crippen LogP contribution in [-0.4, -0.2) is 24.1 Å². The van der Waals surface area contributed by atoms with Crippen LogP contribution < -0.4 is 11.1 Å². The first-order valence-corrected chi connectivity index (χ1v) is 6.24. The smallest absolute Gasteiger partial charge is 0.251 e. The maximum atomic E-state index is 11.7. The number of carbonyl (C=O) groups excluding carboxylic acids is 3. The Labute approximate surface area is 111 Å². The molecule has 100 valence electrons. The van der Waals surface area contributed by atoms with Crippen molar-refractivity contribution in [1.82, 2.24) is 5.32 Å². The molecule has 0 bridgehead atoms. The third-order valence-electron chi connectivity index (χ3n) is 3.31. The number of ketones is 1. The van der Waals surface area contributed by atoms with Crippen LogP contribution in [0.15, 0.2) is 24.3 Å². The Morgan fingerprint density at radius 2 is 1.95 bits per heavy atom. The molecule has 0 aromatic heterocycles. The molecule has 2 rings (SSSR count). The van der Waals surface area contributed by atoms with Gasteiger partial charge in [-0.1, -0.05) is 12.1 Å². The molecule has 1 saturated carbocycles. The van der Waals surface area contributed by atoms with E-state index in [-0.39, 0.29) is 18.4 Å². The van der Waals surface area contributed by atoms with Gasteiger partial charge in [0, 0.05) is 18.4 Å². The molecule has 19 heavy (non-hydrogen) atoms. The Kier molecular flexibility index (Phi) is 3.94. The zero-order valence-corrected chi connectivity index (χ0v) is 10.5. The summed E-state index contributed by atoms with van der Waals surface area (Å²) >= 11 is 0. The lowest BCUT2D eigenvalue weighted by Gasteiger charge is -2.09. The van der Waals surface area contributed by atoms with Gasteiger partial charge in [0.1, 0.15) is 5.78 Å². The molecule has 1 aliphatic rings. The van der Waals surface area contributed by atoms with Gasteiger partial charge in [-0.05, 0) is 30.0 Å². The fraction of sp³-hybridized carbons (Fsp3) is 0.357. The molecule has 1 aromatic rings. The number of rotatable bonds is 4. The fourth-order valence-electron chi connectivity index (χ4n) is 2.27. The molecular weight excluding hydrogens is 244 g/mol. The van der Waals surface area contributed by atoms with E-state index in [1.54, 1.807) is 12.1 Å². The summed E-state index contributed by atoms with van der Waals surface area (Å²) in [6.07, 6.45) is 2.12. The number of hydrogen-bond acceptors (Lipinski definition) is 3. The van der Waals surface area contributed by atoms with E-state index in [0.29, 0.717) is 24.2 Å². The summed E-state index contributed by atoms with van der Waals surface area (Å²) in [4.78, 5) is 33.5. The van der Waals surface area contributed by atoms with E-state index < -0.39 is 5.91 Å². The lowest BCUT2D eigenvalue weighted by atomic mass is 9.96. The molecular formula is C14H16N2O3. The lowest BCUT2D eigenvalue weighted by Crippen LogP contribution is -2.33. The van der Waals surface area contributed by atoms with E-state index in [0.717, 1.165) is 12.0 Å². The second-order valence-electron chi connectivity index (χ2n) is 4.75. The molecule has 1 fully saturated rings. The number of amides is 2. The van der Waals surface area contributed by atoms with Crippen molar-refractivity contribution in [3.63, 3.8) is 0 Å². The molecule has 2 amide bonds. The third-order valence-corrected chi connectivity index (χ3v) is 3.31. The van der Waals surface area contributed by atoms with Gasteiger partial charge < -0.3 is 11.1 Å². The monoisotopic (exact) mass is 260 g/mol. The minimum atomic E-state index is -0.575. The molecule has 3 N–H and O–H groups in total. The minimum Gasteiger partial charge on any atom is -0.368 e. The van der Waals surface area contributed by atoms with Crippen molar-refractivity contribution in [2.24, 2.45) is 5.73 Å². The second-order valence-corrected chi connectivity index (χ2v) is 4.75. The van der Waals surface area contributed by atoms with Gasteiger partial charge in [-0.15, -0.1) is 0 Å². The Hall–Kier alpha value is -2.17. The zero-order valence-electron chi connectivity index (χ0n) is 10.5. The highest BCUT2D eigenvalue weighted by molar-refractivity contribution is 5.96. The molecule has 5 nitrogen and oxygen atoms in total. The summed E-state index contributed by atoms with van der Waals surface area (Å²) in [6, 6.07) is 7.13. The maximum Gasteiger partial charge on any atom is 0.251 e. The van der Waals surface area contributed by atoms with Crippen LogP contribution in [0.4, 0.5) is 0 Å². The topological polar surface area (TPSA) is 89.3 Å². The molecule has 0 unspecified atom stereocenters. The fourth-order valence-corrected chi connectivity index (χ4v) is 2.27. The van der Waals surface area contributed by atoms with Gasteiger partial charge in [0.15, 0.2) is 0 Å². The third kappa shape index (κ3) is 3.40. The van der Waals surface area contributed by atoms with Crippen molar-refractivity contribution < 1.29 is 14.4 Å². The van der Waals surface area contributed by atoms with Crippen molar-refractivity contribution >= 4 is 17.6 Å². The van der Waals surface area contributed by atoms with Gasteiger partial charge in [-0.25, -0.2) is 0 Å². The number of nitrogens with one attached hydrogen (secondary N) is 1. The number of Topliss-reactive ketones (excluding diaryl/α,β-unsaturated/α-hetero) is 1. The van der Waals surface area contributed by atoms with Crippen LogP contribution in [-0.2, 0) is 9.59 Å². The number of primary amides is 1. The van der Waals surface area contributed by atoms with Crippen LogP contribution in [0.1, 0.15) is 41.1 Å². The molecule has 0 saturated heterocycles. The van der Waals surface area contributed by atoms with Gasteiger partial charge in [0.2, 0.25) is 5.91 Å². The molecule has 5 heteroatoms. The van der Waals surface area contributed by atoms with Gasteiger partial charge >= 0.3 is 0 Å². The van der Waals surface area contributed by atoms with Crippen molar-refractivity contribution in [3.8, 4) is 0 Å². The zero-order chi connectivity index (χ0) is 13.8. The summed E-state index contributed by atoms with van der Waals surface area (Å²) in [5.41, 5.74) is 6.51. The highest BCUT2D eigenvalue weighted by Crippen LogP contribution is 2.31. The van der Waals surface area contributed by atoms with E-state index in [4.69, 9.17) is 5.73 Å². The standard InChI is InChI=1S/C14H16N2O3/c15-13(18)8-16-14(19)10-3-1-9(2-4-10)11-5-6-12(17)7-11/h1-4,11H,5-8H2,(H2,15,18)(H,16,19)/t11-/m0/s1. The molecule has 0 radical (unpaired) electrons. The Bertz CT molecular complexity index is 508. The first-order chi connectivity index (χ1) is 9.06. The number of nitrogens with two attached hydrogens (primary N) is 1. The summed E-state index contributed by atoms with van der Waals surface area (Å²) < 4.78 is 0. The first kappa shape index (κ1) is 13.3. The number of hydrogen-bond donors (Lipinski definition) is 2. The van der Waals surface area contributed by atoms with Crippen molar-refractivity contribution in [2.45, 2.75) is 25.2 Å². The minimum absolute atomic E-state index is 0.169. The van der Waals surface area contributed by atoms with Gasteiger partial charge in [-0.2, -0.15) is 0 Å². The molecule has 0 heterocycles. The van der Waals surface area contributed by atoms with E-state index in [9.17, 15) is 14.4 Å². The van der Waals surface area contributed by atoms with E-state index in [1.807, 2.05) is 12.1 Å². The maximum absolute atomic E-state index is 11.7. The molecule has 1 aromatic carbocycles. The lowest BCUT2D eigenvalue weighted by molar-refractivity contribution is -0.118. The average molecular weight is 260 g/mol. The highest BCUT2D eigenvalue weighted by Gasteiger charge is 2.23. The van der Waals surface area contributed by atoms with Gasteiger partial charge in [0.25, 0.3) is 5.91 Å². The SMILES string of the molecule is NC(=O)CNC(=O)c1ccc([C@H]2CCC(=O)C2)cc1. The quantitative estimate of drug-likeness (QED) is 0.836. The molecule has 1 aliphatic carbocycles. The first-order valence-electron chi connectivity index (χ1n) is 6.24. The van der Waals surface area contributed by atoms with Gasteiger partial charge in [0.05, 0.1) is 6.54 Å². The molecule has 0 aliphatic heterocycles. The predicted molar refractivity (Wildman–Crippen MR) is 69.6 cm³/mol. The van der Waals surface area contributed by atoms with Crippen molar-refractivity contribution in [1.29, 1.82) is 0 Å². The van der Waals surface area contributed by atoms with Crippen LogP contribution in [0.2, 0.25) is 0 Å². The predicted octanol–water partition coefficient (Wildman–Crippen LogP) is 0.738. The van der Waals surface area contributed by atoms with Crippen LogP contribution in [0.3, 0.4) is 0 Å². The number of benzene rings is 1. The summed E-state index contributed by atoms with van der Waals surface area (Å²) in [5.74, 6) is -0.328. The van der Waals surface area contributed by atoms with Crippen LogP contribution >= 0.6 is 0 Å². The second kappa shape index (κ2) is 5.65. The van der Waals surface area contributed by atoms with Crippen LogP contribution in [0.25, 0.3) is 0 Å². The Morgan fingerprint density at radius 1 is 1.26 bits per heavy atom. The molecule has 1 atom stereocenters. The highest BCUT2D eigenvalue weighted by atomic mass is 16.2. The van der Waals surface area contributed by atoms with Crippen molar-refractivity contribution in [3.05, 3.63) is 35.4 Å². The normalized spacial score (nSPS) is 18.3.